The van der Waals surface area contributed by atoms with E-state index in [0.29, 0.717) is 11.1 Å². The average molecular weight is 299 g/mol. The van der Waals surface area contributed by atoms with Crippen molar-refractivity contribution in [2.75, 3.05) is 0 Å². The van der Waals surface area contributed by atoms with Gasteiger partial charge in [0, 0.05) is 16.8 Å². The average Bonchev–Trinajstić information content (AvgIpc) is 3.11. The second-order valence-corrected chi connectivity index (χ2v) is 5.21. The Labute approximate surface area is 123 Å². The summed E-state index contributed by atoms with van der Waals surface area (Å²) in [6.07, 6.45) is 2.89. The van der Waals surface area contributed by atoms with E-state index >= 15 is 0 Å². The fourth-order valence-corrected chi connectivity index (χ4v) is 2.57. The van der Waals surface area contributed by atoms with Crippen molar-refractivity contribution in [1.29, 1.82) is 0 Å². The highest BCUT2D eigenvalue weighted by molar-refractivity contribution is 7.13. The molecule has 0 amide bonds. The molecule has 0 unspecified atom stereocenters. The molecule has 6 heteroatoms. The largest absolute Gasteiger partial charge is 0.453 e. The van der Waals surface area contributed by atoms with E-state index in [1.807, 2.05) is 18.2 Å². The Kier molecular flexibility index (Phi) is 3.37. The van der Waals surface area contributed by atoms with Gasteiger partial charge in [-0.05, 0) is 29.8 Å². The van der Waals surface area contributed by atoms with Crippen LogP contribution in [0.25, 0.3) is 17.0 Å². The molecule has 2 aromatic heterocycles. The van der Waals surface area contributed by atoms with Gasteiger partial charge in [0.25, 0.3) is 0 Å². The maximum absolute atomic E-state index is 12.0. The van der Waals surface area contributed by atoms with Crippen molar-refractivity contribution in [3.8, 4) is 0 Å². The summed E-state index contributed by atoms with van der Waals surface area (Å²) in [6, 6.07) is 10.5. The zero-order valence-corrected chi connectivity index (χ0v) is 11.5. The monoisotopic (exact) mass is 299 g/mol. The van der Waals surface area contributed by atoms with Crippen LogP contribution >= 0.6 is 11.3 Å². The van der Waals surface area contributed by atoms with Crippen LogP contribution < -0.4 is 0 Å². The molecule has 0 fully saturated rings. The van der Waals surface area contributed by atoms with E-state index in [-0.39, 0.29) is 16.5 Å². The fourth-order valence-electron chi connectivity index (χ4n) is 1.88. The molecular formula is C15H9NO4S. The van der Waals surface area contributed by atoms with Crippen LogP contribution in [0.3, 0.4) is 0 Å². The Hall–Kier alpha value is -2.73. The topological polar surface area (TPSA) is 73.3 Å². The molecule has 0 saturated carbocycles. The third kappa shape index (κ3) is 2.75. The fraction of sp³-hybridized carbons (Fsp3) is 0. The molecular weight excluding hydrogens is 290 g/mol. The molecule has 21 heavy (non-hydrogen) atoms. The van der Waals surface area contributed by atoms with Gasteiger partial charge in [-0.3, -0.25) is 14.9 Å². The predicted molar refractivity (Wildman–Crippen MR) is 80.6 cm³/mol. The number of carbonyl (C=O) groups is 1. The molecule has 104 valence electrons. The van der Waals surface area contributed by atoms with E-state index in [0.717, 1.165) is 16.7 Å². The first-order chi connectivity index (χ1) is 10.1. The van der Waals surface area contributed by atoms with Crippen molar-refractivity contribution in [3.05, 3.63) is 69.3 Å². The molecule has 3 aromatic rings. The molecule has 0 radical (unpaired) electrons. The van der Waals surface area contributed by atoms with Crippen LogP contribution in [0.5, 0.6) is 0 Å². The third-order valence-electron chi connectivity index (χ3n) is 2.88. The van der Waals surface area contributed by atoms with Gasteiger partial charge in [-0.25, -0.2) is 0 Å². The number of allylic oxidation sites excluding steroid dienone is 1. The second kappa shape index (κ2) is 5.34. The lowest BCUT2D eigenvalue weighted by Gasteiger charge is -1.87. The Morgan fingerprint density at radius 2 is 2.10 bits per heavy atom. The van der Waals surface area contributed by atoms with E-state index in [1.54, 1.807) is 23.6 Å². The number of thiophene rings is 1. The predicted octanol–water partition coefficient (Wildman–Crippen LogP) is 4.30. The van der Waals surface area contributed by atoms with Gasteiger partial charge in [-0.2, -0.15) is 0 Å². The summed E-state index contributed by atoms with van der Waals surface area (Å²) in [4.78, 5) is 22.1. The van der Waals surface area contributed by atoms with Gasteiger partial charge in [-0.15, -0.1) is 0 Å². The molecule has 0 aliphatic heterocycles. The Balaban J connectivity index is 1.81. The number of carbonyl (C=O) groups excluding carboxylic acids is 1. The van der Waals surface area contributed by atoms with Crippen molar-refractivity contribution < 1.29 is 14.1 Å². The summed E-state index contributed by atoms with van der Waals surface area (Å²) in [6.45, 7) is 0. The quantitative estimate of drug-likeness (QED) is 0.311. The first kappa shape index (κ1) is 13.3. The normalized spacial score (nSPS) is 11.2. The first-order valence-corrected chi connectivity index (χ1v) is 6.95. The van der Waals surface area contributed by atoms with E-state index in [1.165, 1.54) is 12.1 Å². The number of ketones is 1. The SMILES string of the molecule is O=C(/C=C/c1csc([N+](=O)[O-])c1)c1cc2ccccc2o1. The van der Waals surface area contributed by atoms with Gasteiger partial charge < -0.3 is 4.42 Å². The molecule has 1 aromatic carbocycles. The lowest BCUT2D eigenvalue weighted by atomic mass is 10.2. The molecule has 0 atom stereocenters. The minimum absolute atomic E-state index is 0.0471. The van der Waals surface area contributed by atoms with Crippen LogP contribution in [-0.2, 0) is 0 Å². The molecule has 5 nitrogen and oxygen atoms in total. The van der Waals surface area contributed by atoms with Crippen molar-refractivity contribution in [3.63, 3.8) is 0 Å². The summed E-state index contributed by atoms with van der Waals surface area (Å²) in [5.41, 5.74) is 1.27. The second-order valence-electron chi connectivity index (χ2n) is 4.32. The molecule has 0 aliphatic rings. The van der Waals surface area contributed by atoms with Gasteiger partial charge in [0.15, 0.2) is 5.76 Å². The number of nitro groups is 1. The van der Waals surface area contributed by atoms with Crippen LogP contribution in [0.2, 0.25) is 0 Å². The Bertz CT molecular complexity index is 826. The number of hydrogen-bond acceptors (Lipinski definition) is 5. The summed E-state index contributed by atoms with van der Waals surface area (Å²) >= 11 is 1.02. The smallest absolute Gasteiger partial charge is 0.324 e. The molecule has 2 heterocycles. The Morgan fingerprint density at radius 3 is 2.81 bits per heavy atom. The highest BCUT2D eigenvalue weighted by atomic mass is 32.1. The van der Waals surface area contributed by atoms with Crippen LogP contribution in [0.15, 0.2) is 52.3 Å². The summed E-state index contributed by atoms with van der Waals surface area (Å²) in [5, 5.41) is 13.1. The molecule has 0 saturated heterocycles. The number of fused-ring (bicyclic) bond motifs is 1. The minimum atomic E-state index is -0.455. The molecule has 0 bridgehead atoms. The van der Waals surface area contributed by atoms with Crippen molar-refractivity contribution >= 4 is 39.2 Å². The van der Waals surface area contributed by atoms with Crippen LogP contribution in [0.1, 0.15) is 16.1 Å². The van der Waals surface area contributed by atoms with Crippen LogP contribution in [-0.4, -0.2) is 10.7 Å². The zero-order valence-electron chi connectivity index (χ0n) is 10.7. The first-order valence-electron chi connectivity index (χ1n) is 6.07. The number of nitrogens with zero attached hydrogens (tertiary/aromatic N) is 1. The van der Waals surface area contributed by atoms with Gasteiger partial charge in [0.1, 0.15) is 5.58 Å². The molecule has 0 aliphatic carbocycles. The summed E-state index contributed by atoms with van der Waals surface area (Å²) in [5.74, 6) is -0.0303. The molecule has 0 spiro atoms. The van der Waals surface area contributed by atoms with Crippen molar-refractivity contribution in [2.24, 2.45) is 0 Å². The third-order valence-corrected chi connectivity index (χ3v) is 3.78. The summed E-state index contributed by atoms with van der Waals surface area (Å²) < 4.78 is 5.46. The van der Waals surface area contributed by atoms with Crippen LogP contribution in [0.4, 0.5) is 5.00 Å². The molecule has 0 N–H and O–H groups in total. The maximum atomic E-state index is 12.0. The Morgan fingerprint density at radius 1 is 1.29 bits per heavy atom. The number of para-hydroxylation sites is 1. The van der Waals surface area contributed by atoms with Crippen molar-refractivity contribution in [1.82, 2.24) is 0 Å². The van der Waals surface area contributed by atoms with E-state index in [4.69, 9.17) is 4.42 Å². The van der Waals surface area contributed by atoms with Crippen LogP contribution in [0, 0.1) is 10.1 Å². The minimum Gasteiger partial charge on any atom is -0.453 e. The zero-order chi connectivity index (χ0) is 14.8. The lowest BCUT2D eigenvalue weighted by Crippen LogP contribution is -1.89. The van der Waals surface area contributed by atoms with E-state index in [2.05, 4.69) is 0 Å². The standard InChI is InChI=1S/C15H9NO4S/c17-12(6-5-10-7-15(16(18)19)21-9-10)14-8-11-3-1-2-4-13(11)20-14/h1-9H/b6-5+. The number of rotatable bonds is 4. The van der Waals surface area contributed by atoms with Gasteiger partial charge in [0.05, 0.1) is 4.92 Å². The van der Waals surface area contributed by atoms with Crippen molar-refractivity contribution in [2.45, 2.75) is 0 Å². The number of hydrogen-bond donors (Lipinski definition) is 0. The summed E-state index contributed by atoms with van der Waals surface area (Å²) in [7, 11) is 0. The molecule has 3 rings (SSSR count). The van der Waals surface area contributed by atoms with Gasteiger partial charge >= 0.3 is 5.00 Å². The van der Waals surface area contributed by atoms with E-state index in [9.17, 15) is 14.9 Å². The maximum Gasteiger partial charge on any atom is 0.324 e. The highest BCUT2D eigenvalue weighted by Gasteiger charge is 2.10. The van der Waals surface area contributed by atoms with E-state index < -0.39 is 4.92 Å². The number of benzene rings is 1. The van der Waals surface area contributed by atoms with Gasteiger partial charge in [-0.1, -0.05) is 29.5 Å². The van der Waals surface area contributed by atoms with Gasteiger partial charge in [0.2, 0.25) is 5.78 Å². The lowest BCUT2D eigenvalue weighted by molar-refractivity contribution is -0.380. The number of furan rings is 1. The highest BCUT2D eigenvalue weighted by Crippen LogP contribution is 2.24.